The van der Waals surface area contributed by atoms with Gasteiger partial charge in [-0.2, -0.15) is 0 Å². The van der Waals surface area contributed by atoms with Crippen molar-refractivity contribution in [3.8, 4) is 0 Å². The smallest absolute Gasteiger partial charge is 0.104 e. The first kappa shape index (κ1) is 23.7. The Morgan fingerprint density at radius 1 is 0.735 bits per heavy atom. The number of hydrogen-bond donors (Lipinski definition) is 0. The summed E-state index contributed by atoms with van der Waals surface area (Å²) < 4.78 is 22.2. The summed E-state index contributed by atoms with van der Waals surface area (Å²) in [5, 5.41) is 5.55. The second-order valence-electron chi connectivity index (χ2n) is 10.8. The number of epoxide rings is 2. The zero-order valence-electron chi connectivity index (χ0n) is 20.9. The van der Waals surface area contributed by atoms with Gasteiger partial charge >= 0.3 is 0 Å². The average Bonchev–Trinajstić information content (AvgIpc) is 3.74. The summed E-state index contributed by atoms with van der Waals surface area (Å²) in [6.45, 7) is 11.6. The lowest BCUT2D eigenvalue weighted by Crippen LogP contribution is -2.11. The van der Waals surface area contributed by atoms with Crippen molar-refractivity contribution in [1.29, 1.82) is 0 Å². The van der Waals surface area contributed by atoms with E-state index < -0.39 is 0 Å². The van der Waals surface area contributed by atoms with Gasteiger partial charge in [0.15, 0.2) is 0 Å². The summed E-state index contributed by atoms with van der Waals surface area (Å²) in [5.41, 5.74) is 4.40. The molecule has 5 rings (SSSR count). The van der Waals surface area contributed by atoms with Crippen molar-refractivity contribution < 1.29 is 18.9 Å². The second kappa shape index (κ2) is 10.3. The van der Waals surface area contributed by atoms with Crippen molar-refractivity contribution in [1.82, 2.24) is 0 Å². The lowest BCUT2D eigenvalue weighted by atomic mass is 9.82. The van der Waals surface area contributed by atoms with Crippen LogP contribution in [0.3, 0.4) is 0 Å². The molecule has 2 unspecified atom stereocenters. The maximum absolute atomic E-state index is 5.85. The fourth-order valence-corrected chi connectivity index (χ4v) is 4.82. The number of hydrogen-bond acceptors (Lipinski definition) is 4. The van der Waals surface area contributed by atoms with Gasteiger partial charge in [0.05, 0.1) is 26.4 Å². The summed E-state index contributed by atoms with van der Waals surface area (Å²) >= 11 is 0. The van der Waals surface area contributed by atoms with Crippen molar-refractivity contribution in [2.45, 2.75) is 64.1 Å². The highest BCUT2D eigenvalue weighted by atomic mass is 16.6. The minimum Gasteiger partial charge on any atom is -0.379 e. The highest BCUT2D eigenvalue weighted by molar-refractivity contribution is 6.06. The molecule has 2 saturated heterocycles. The van der Waals surface area contributed by atoms with Crippen LogP contribution in [-0.2, 0) is 37.2 Å². The molecule has 0 amide bonds. The molecule has 2 atom stereocenters. The summed E-state index contributed by atoms with van der Waals surface area (Å²) in [7, 11) is 0. The molecule has 0 radical (unpaired) electrons. The van der Waals surface area contributed by atoms with E-state index in [4.69, 9.17) is 18.9 Å². The standard InChI is InChI=1S/C30H38O4/c1-30(2,3)21-12-13-28-26(10-6-14-31-17-22-19-33-22)24-8-4-5-9-25(24)27(29(28)16-21)11-7-15-32-18-23-20-34-23/h4-5,8-9,12-13,16,22-23H,6-7,10-11,14-15,17-20H2,1-3H3. The first-order valence-electron chi connectivity index (χ1n) is 12.9. The SMILES string of the molecule is CC(C)(C)c1ccc2c(CCCOCC3CO3)c3ccccc3c(CCCOCC3CO3)c2c1. The Kier molecular flexibility index (Phi) is 7.22. The Balaban J connectivity index is 1.45. The molecule has 0 N–H and O–H groups in total. The molecule has 2 fully saturated rings. The van der Waals surface area contributed by atoms with Crippen molar-refractivity contribution >= 4 is 21.5 Å². The zero-order chi connectivity index (χ0) is 23.5. The third-order valence-corrected chi connectivity index (χ3v) is 6.96. The molecular formula is C30H38O4. The predicted octanol–water partition coefficient (Wildman–Crippen LogP) is 5.99. The van der Waals surface area contributed by atoms with Crippen molar-refractivity contribution in [3.63, 3.8) is 0 Å². The van der Waals surface area contributed by atoms with E-state index in [1.54, 1.807) is 0 Å². The molecule has 2 aliphatic heterocycles. The van der Waals surface area contributed by atoms with E-state index in [1.807, 2.05) is 0 Å². The third-order valence-electron chi connectivity index (χ3n) is 6.96. The maximum Gasteiger partial charge on any atom is 0.104 e. The molecule has 4 nitrogen and oxygen atoms in total. The summed E-state index contributed by atoms with van der Waals surface area (Å²) in [6.07, 6.45) is 4.72. The van der Waals surface area contributed by atoms with Gasteiger partial charge in [0, 0.05) is 13.2 Å². The van der Waals surface area contributed by atoms with E-state index in [-0.39, 0.29) is 5.41 Å². The topological polar surface area (TPSA) is 43.5 Å². The lowest BCUT2D eigenvalue weighted by Gasteiger charge is -2.23. The van der Waals surface area contributed by atoms with Crippen LogP contribution in [0, 0.1) is 0 Å². The molecule has 3 aromatic carbocycles. The van der Waals surface area contributed by atoms with E-state index >= 15 is 0 Å². The van der Waals surface area contributed by atoms with Gasteiger partial charge in [-0.1, -0.05) is 63.2 Å². The molecule has 3 aromatic rings. The Labute approximate surface area is 203 Å². The van der Waals surface area contributed by atoms with Gasteiger partial charge in [-0.15, -0.1) is 0 Å². The zero-order valence-corrected chi connectivity index (χ0v) is 20.9. The molecular weight excluding hydrogens is 424 g/mol. The van der Waals surface area contributed by atoms with Crippen molar-refractivity contribution in [2.24, 2.45) is 0 Å². The van der Waals surface area contributed by atoms with Gasteiger partial charge in [-0.25, -0.2) is 0 Å². The van der Waals surface area contributed by atoms with Crippen molar-refractivity contribution in [3.05, 3.63) is 59.2 Å². The molecule has 2 heterocycles. The molecule has 182 valence electrons. The molecule has 4 heteroatoms. The van der Waals surface area contributed by atoms with Crippen molar-refractivity contribution in [2.75, 3.05) is 39.6 Å². The minimum absolute atomic E-state index is 0.114. The quantitative estimate of drug-likeness (QED) is 0.188. The van der Waals surface area contributed by atoms with Gasteiger partial charge in [-0.05, 0) is 69.3 Å². The first-order chi connectivity index (χ1) is 16.5. The van der Waals surface area contributed by atoms with E-state index in [0.29, 0.717) is 12.2 Å². The molecule has 34 heavy (non-hydrogen) atoms. The van der Waals surface area contributed by atoms with E-state index in [1.165, 1.54) is 38.2 Å². The fraction of sp³-hybridized carbons (Fsp3) is 0.533. The van der Waals surface area contributed by atoms with Crippen LogP contribution >= 0.6 is 0 Å². The predicted molar refractivity (Wildman–Crippen MR) is 138 cm³/mol. The van der Waals surface area contributed by atoms with Crippen LogP contribution in [0.4, 0.5) is 0 Å². The normalized spacial score (nSPS) is 19.7. The Bertz CT molecular complexity index is 1120. The largest absolute Gasteiger partial charge is 0.379 e. The molecule has 0 saturated carbocycles. The Hall–Kier alpha value is -1.98. The molecule has 0 bridgehead atoms. The van der Waals surface area contributed by atoms with Gasteiger partial charge < -0.3 is 18.9 Å². The Morgan fingerprint density at radius 3 is 1.74 bits per heavy atom. The van der Waals surface area contributed by atoms with Crippen LogP contribution < -0.4 is 0 Å². The number of aryl methyl sites for hydroxylation is 2. The van der Waals surface area contributed by atoms with E-state index in [0.717, 1.165) is 65.3 Å². The summed E-state index contributed by atoms with van der Waals surface area (Å²) in [4.78, 5) is 0. The highest BCUT2D eigenvalue weighted by Gasteiger charge is 2.23. The maximum atomic E-state index is 5.85. The lowest BCUT2D eigenvalue weighted by molar-refractivity contribution is 0.114. The summed E-state index contributed by atoms with van der Waals surface area (Å²) in [6, 6.07) is 16.1. The third kappa shape index (κ3) is 5.80. The van der Waals surface area contributed by atoms with Crippen LogP contribution in [0.2, 0.25) is 0 Å². The number of fused-ring (bicyclic) bond motifs is 2. The van der Waals surface area contributed by atoms with Crippen LogP contribution in [0.5, 0.6) is 0 Å². The molecule has 2 aliphatic rings. The first-order valence-corrected chi connectivity index (χ1v) is 12.9. The van der Waals surface area contributed by atoms with Crippen LogP contribution in [0.1, 0.15) is 50.3 Å². The second-order valence-corrected chi connectivity index (χ2v) is 10.8. The molecule has 0 spiro atoms. The van der Waals surface area contributed by atoms with Gasteiger partial charge in [0.25, 0.3) is 0 Å². The molecule has 0 aliphatic carbocycles. The van der Waals surface area contributed by atoms with Gasteiger partial charge in [0.1, 0.15) is 12.2 Å². The number of benzene rings is 3. The van der Waals surface area contributed by atoms with Crippen LogP contribution in [0.25, 0.3) is 21.5 Å². The Morgan fingerprint density at radius 2 is 1.24 bits per heavy atom. The summed E-state index contributed by atoms with van der Waals surface area (Å²) in [5.74, 6) is 0. The van der Waals surface area contributed by atoms with E-state index in [9.17, 15) is 0 Å². The van der Waals surface area contributed by atoms with E-state index in [2.05, 4.69) is 63.2 Å². The highest BCUT2D eigenvalue weighted by Crippen LogP contribution is 2.37. The fourth-order valence-electron chi connectivity index (χ4n) is 4.82. The monoisotopic (exact) mass is 462 g/mol. The molecule has 0 aromatic heterocycles. The number of rotatable bonds is 12. The average molecular weight is 463 g/mol. The van der Waals surface area contributed by atoms with Gasteiger partial charge in [-0.3, -0.25) is 0 Å². The van der Waals surface area contributed by atoms with Crippen LogP contribution in [-0.4, -0.2) is 51.8 Å². The number of ether oxygens (including phenoxy) is 4. The minimum atomic E-state index is 0.114. The van der Waals surface area contributed by atoms with Crippen LogP contribution in [0.15, 0.2) is 42.5 Å². The van der Waals surface area contributed by atoms with Gasteiger partial charge in [0.2, 0.25) is 0 Å².